The van der Waals surface area contributed by atoms with Crippen molar-refractivity contribution in [1.29, 1.82) is 0 Å². The topological polar surface area (TPSA) is 149 Å². The average molecular weight is 740 g/mol. The van der Waals surface area contributed by atoms with Gasteiger partial charge < -0.3 is 40.3 Å². The highest BCUT2D eigenvalue weighted by Crippen LogP contribution is 2.22. The maximum absolute atomic E-state index is 12.0. The summed E-state index contributed by atoms with van der Waals surface area (Å²) < 4.78 is 10.9. The summed E-state index contributed by atoms with van der Waals surface area (Å²) >= 11 is 0. The molecule has 1 fully saturated rings. The number of amides is 1. The van der Waals surface area contributed by atoms with Crippen molar-refractivity contribution in [2.24, 2.45) is 0 Å². The van der Waals surface area contributed by atoms with Crippen LogP contribution in [-0.2, 0) is 14.3 Å². The molecule has 9 nitrogen and oxygen atoms in total. The number of nitrogens with one attached hydrogen (secondary N) is 1. The fourth-order valence-corrected chi connectivity index (χ4v) is 6.78. The summed E-state index contributed by atoms with van der Waals surface area (Å²) in [5.41, 5.74) is 0. The minimum atomic E-state index is -1.56. The van der Waals surface area contributed by atoms with Gasteiger partial charge in [-0.25, -0.2) is 0 Å². The number of hydrogen-bond donors (Lipinski definition) is 6. The highest BCUT2D eigenvalue weighted by molar-refractivity contribution is 5.75. The standard InChI is InChI=1S/C43H81NO8/c1-3-5-6-7-8-9-10-11-12-13-14-15-16-17-18-19-20-21-22-23-24-25-26-27-28-29-30-31-32-33-37(46)36(44-39(47)4-2)35-51-43-42(50)41(49)40(48)38(34-45)52-43/h28-29,32-33,36-38,40-43,45-46,48-50H,3-27,30-31,34-35H2,1-2H3,(H,44,47)/b29-28+,33-32+. The Hall–Kier alpha value is -1.33. The summed E-state index contributed by atoms with van der Waals surface area (Å²) in [5, 5.41) is 52.9. The molecule has 1 saturated heterocycles. The Labute approximate surface area is 318 Å². The molecule has 1 aliphatic rings. The largest absolute Gasteiger partial charge is 0.394 e. The second-order valence-electron chi connectivity index (χ2n) is 15.1. The number of aliphatic hydroxyl groups excluding tert-OH is 5. The Balaban J connectivity index is 2.00. The van der Waals surface area contributed by atoms with E-state index in [0.717, 1.165) is 19.3 Å². The molecule has 7 unspecified atom stereocenters. The number of aliphatic hydroxyl groups is 5. The molecule has 0 bridgehead atoms. The van der Waals surface area contributed by atoms with Crippen LogP contribution in [0.5, 0.6) is 0 Å². The van der Waals surface area contributed by atoms with Crippen LogP contribution in [0, 0.1) is 0 Å². The zero-order valence-corrected chi connectivity index (χ0v) is 33.3. The van der Waals surface area contributed by atoms with Gasteiger partial charge >= 0.3 is 0 Å². The summed E-state index contributed by atoms with van der Waals surface area (Å²) in [7, 11) is 0. The van der Waals surface area contributed by atoms with Crippen LogP contribution in [0.15, 0.2) is 24.3 Å². The second kappa shape index (κ2) is 34.2. The molecule has 0 saturated carbocycles. The van der Waals surface area contributed by atoms with Crippen LogP contribution in [0.4, 0.5) is 0 Å². The van der Waals surface area contributed by atoms with E-state index < -0.39 is 49.5 Å². The molecule has 1 rings (SSSR count). The monoisotopic (exact) mass is 740 g/mol. The fraction of sp³-hybridized carbons (Fsp3) is 0.884. The molecule has 1 amide bonds. The van der Waals surface area contributed by atoms with E-state index in [2.05, 4.69) is 24.4 Å². The van der Waals surface area contributed by atoms with Gasteiger partial charge in [-0.05, 0) is 25.7 Å². The lowest BCUT2D eigenvalue weighted by atomic mass is 9.99. The summed E-state index contributed by atoms with van der Waals surface area (Å²) in [6, 6.07) is -0.814. The molecule has 0 radical (unpaired) electrons. The van der Waals surface area contributed by atoms with Gasteiger partial charge in [0.25, 0.3) is 0 Å². The molecule has 52 heavy (non-hydrogen) atoms. The summed E-state index contributed by atoms with van der Waals surface area (Å²) in [4.78, 5) is 12.0. The Kier molecular flexibility index (Phi) is 32.0. The fourth-order valence-electron chi connectivity index (χ4n) is 6.78. The van der Waals surface area contributed by atoms with Crippen molar-refractivity contribution in [1.82, 2.24) is 5.32 Å². The predicted molar refractivity (Wildman–Crippen MR) is 212 cm³/mol. The van der Waals surface area contributed by atoms with Gasteiger partial charge in [0.1, 0.15) is 24.4 Å². The van der Waals surface area contributed by atoms with Gasteiger partial charge in [0.15, 0.2) is 6.29 Å². The lowest BCUT2D eigenvalue weighted by Gasteiger charge is -2.40. The van der Waals surface area contributed by atoms with Crippen molar-refractivity contribution < 1.29 is 39.8 Å². The number of ether oxygens (including phenoxy) is 2. The molecule has 0 aromatic heterocycles. The van der Waals surface area contributed by atoms with Crippen molar-refractivity contribution in [2.45, 2.75) is 230 Å². The molecule has 0 aromatic carbocycles. The minimum absolute atomic E-state index is 0.209. The third-order valence-corrected chi connectivity index (χ3v) is 10.3. The Bertz CT molecular complexity index is 868. The summed E-state index contributed by atoms with van der Waals surface area (Å²) in [6.07, 6.45) is 35.0. The zero-order valence-electron chi connectivity index (χ0n) is 33.3. The second-order valence-corrected chi connectivity index (χ2v) is 15.1. The first kappa shape index (κ1) is 48.7. The van der Waals surface area contributed by atoms with E-state index >= 15 is 0 Å². The Morgan fingerprint density at radius 1 is 0.635 bits per heavy atom. The summed E-state index contributed by atoms with van der Waals surface area (Å²) in [6.45, 7) is 3.21. The molecule has 306 valence electrons. The molecular formula is C43H81NO8. The van der Waals surface area contributed by atoms with Crippen molar-refractivity contribution >= 4 is 5.91 Å². The number of hydrogen-bond acceptors (Lipinski definition) is 8. The van der Waals surface area contributed by atoms with Crippen LogP contribution < -0.4 is 5.32 Å². The van der Waals surface area contributed by atoms with Crippen molar-refractivity contribution in [3.05, 3.63) is 24.3 Å². The number of carbonyl (C=O) groups excluding carboxylic acids is 1. The average Bonchev–Trinajstić information content (AvgIpc) is 3.15. The van der Waals surface area contributed by atoms with E-state index in [-0.39, 0.29) is 18.9 Å². The maximum atomic E-state index is 12.0. The molecular weight excluding hydrogens is 658 g/mol. The Morgan fingerprint density at radius 2 is 1.08 bits per heavy atom. The van der Waals surface area contributed by atoms with Crippen LogP contribution in [0.25, 0.3) is 0 Å². The van der Waals surface area contributed by atoms with Crippen LogP contribution >= 0.6 is 0 Å². The lowest BCUT2D eigenvalue weighted by molar-refractivity contribution is -0.302. The van der Waals surface area contributed by atoms with Crippen molar-refractivity contribution in [2.75, 3.05) is 13.2 Å². The van der Waals surface area contributed by atoms with E-state index in [1.54, 1.807) is 13.0 Å². The van der Waals surface area contributed by atoms with Crippen LogP contribution in [-0.4, -0.2) is 87.5 Å². The maximum Gasteiger partial charge on any atom is 0.220 e. The van der Waals surface area contributed by atoms with E-state index in [1.165, 1.54) is 148 Å². The van der Waals surface area contributed by atoms with E-state index in [4.69, 9.17) is 9.47 Å². The third-order valence-electron chi connectivity index (χ3n) is 10.3. The molecule has 0 aliphatic carbocycles. The van der Waals surface area contributed by atoms with Gasteiger partial charge in [0.05, 0.1) is 25.4 Å². The van der Waals surface area contributed by atoms with Crippen molar-refractivity contribution in [3.63, 3.8) is 0 Å². The van der Waals surface area contributed by atoms with Crippen molar-refractivity contribution in [3.8, 4) is 0 Å². The Morgan fingerprint density at radius 3 is 1.54 bits per heavy atom. The van der Waals surface area contributed by atoms with E-state index in [9.17, 15) is 30.3 Å². The number of unbranched alkanes of at least 4 members (excludes halogenated alkanes) is 24. The minimum Gasteiger partial charge on any atom is -0.394 e. The zero-order chi connectivity index (χ0) is 38.1. The lowest BCUT2D eigenvalue weighted by Crippen LogP contribution is -2.60. The van der Waals surface area contributed by atoms with Gasteiger partial charge in [-0.2, -0.15) is 0 Å². The quantitative estimate of drug-likeness (QED) is 0.0281. The highest BCUT2D eigenvalue weighted by Gasteiger charge is 2.44. The first-order valence-electron chi connectivity index (χ1n) is 21.6. The van der Waals surface area contributed by atoms with Gasteiger partial charge in [-0.1, -0.05) is 179 Å². The van der Waals surface area contributed by atoms with Gasteiger partial charge in [-0.3, -0.25) is 4.79 Å². The first-order valence-corrected chi connectivity index (χ1v) is 21.6. The molecule has 1 aliphatic heterocycles. The van der Waals surface area contributed by atoms with Gasteiger partial charge in [0, 0.05) is 6.42 Å². The van der Waals surface area contributed by atoms with E-state index in [0.29, 0.717) is 0 Å². The van der Waals surface area contributed by atoms with Gasteiger partial charge in [-0.15, -0.1) is 0 Å². The normalized spacial score (nSPS) is 22.0. The smallest absolute Gasteiger partial charge is 0.220 e. The van der Waals surface area contributed by atoms with E-state index in [1.807, 2.05) is 6.08 Å². The number of carbonyl (C=O) groups is 1. The third kappa shape index (κ3) is 24.9. The number of allylic oxidation sites excluding steroid dienone is 3. The molecule has 9 heteroatoms. The summed E-state index contributed by atoms with van der Waals surface area (Å²) in [5.74, 6) is -0.275. The number of rotatable bonds is 35. The SMILES string of the molecule is CCCCCCCCCCCCCCCCCCCCCCCCC/C=C/CC/C=C/C(O)C(COC1OC(CO)C(O)C(O)C1O)NC(=O)CC. The first-order chi connectivity index (χ1) is 25.3. The predicted octanol–water partition coefficient (Wildman–Crippen LogP) is 8.33. The van der Waals surface area contributed by atoms with Crippen LogP contribution in [0.3, 0.4) is 0 Å². The molecule has 6 N–H and O–H groups in total. The van der Waals surface area contributed by atoms with Crippen LogP contribution in [0.1, 0.15) is 187 Å². The molecule has 0 spiro atoms. The molecule has 0 aromatic rings. The van der Waals surface area contributed by atoms with Crippen LogP contribution in [0.2, 0.25) is 0 Å². The highest BCUT2D eigenvalue weighted by atomic mass is 16.7. The molecule has 7 atom stereocenters. The van der Waals surface area contributed by atoms with Gasteiger partial charge in [0.2, 0.25) is 5.91 Å². The molecule has 1 heterocycles.